The van der Waals surface area contributed by atoms with E-state index in [0.29, 0.717) is 22.6 Å². The lowest BCUT2D eigenvalue weighted by Gasteiger charge is -2.09. The summed E-state index contributed by atoms with van der Waals surface area (Å²) in [6, 6.07) is 15.2. The van der Waals surface area contributed by atoms with Crippen LogP contribution in [-0.2, 0) is 6.61 Å². The summed E-state index contributed by atoms with van der Waals surface area (Å²) in [6.07, 6.45) is 1.69. The van der Waals surface area contributed by atoms with E-state index in [1.165, 1.54) is 11.3 Å². The summed E-state index contributed by atoms with van der Waals surface area (Å²) in [5.74, 6) is 1.22. The second-order valence-electron chi connectivity index (χ2n) is 4.90. The quantitative estimate of drug-likeness (QED) is 0.506. The summed E-state index contributed by atoms with van der Waals surface area (Å²) in [5, 5.41) is 7.27. The van der Waals surface area contributed by atoms with Gasteiger partial charge in [-0.1, -0.05) is 35.9 Å². The van der Waals surface area contributed by atoms with Crippen LogP contribution in [0.4, 0.5) is 10.9 Å². The molecule has 3 N–H and O–H groups in total. The topological polar surface area (TPSA) is 72.5 Å². The lowest BCUT2D eigenvalue weighted by Crippen LogP contribution is -1.99. The van der Waals surface area contributed by atoms with E-state index >= 15 is 0 Å². The van der Waals surface area contributed by atoms with Gasteiger partial charge >= 0.3 is 0 Å². The Morgan fingerprint density at radius 1 is 1.21 bits per heavy atom. The highest BCUT2D eigenvalue weighted by Crippen LogP contribution is 2.19. The number of halogens is 1. The molecule has 0 saturated heterocycles. The fraction of sp³-hybridized carbons (Fsp3) is 0.0588. The SMILES string of the molecule is Nc1csc(NN=Cc2ccccc2OCc2ccc(Cl)cc2)n1. The monoisotopic (exact) mass is 358 g/mol. The Hall–Kier alpha value is -2.57. The molecule has 2 aromatic carbocycles. The number of nitrogens with one attached hydrogen (secondary N) is 1. The van der Waals surface area contributed by atoms with Crippen molar-refractivity contribution in [3.05, 3.63) is 70.1 Å². The van der Waals surface area contributed by atoms with Crippen molar-refractivity contribution in [3.63, 3.8) is 0 Å². The average molecular weight is 359 g/mol. The molecular weight excluding hydrogens is 344 g/mol. The van der Waals surface area contributed by atoms with Gasteiger partial charge < -0.3 is 10.5 Å². The second kappa shape index (κ2) is 7.81. The molecule has 0 aliphatic rings. The third-order valence-corrected chi connectivity index (χ3v) is 4.13. The second-order valence-corrected chi connectivity index (χ2v) is 6.20. The van der Waals surface area contributed by atoms with Crippen molar-refractivity contribution < 1.29 is 4.74 Å². The van der Waals surface area contributed by atoms with Gasteiger partial charge in [-0.3, -0.25) is 5.43 Å². The lowest BCUT2D eigenvalue weighted by atomic mass is 10.2. The number of aromatic nitrogens is 1. The van der Waals surface area contributed by atoms with E-state index in [4.69, 9.17) is 22.1 Å². The van der Waals surface area contributed by atoms with Crippen LogP contribution in [0, 0.1) is 0 Å². The highest BCUT2D eigenvalue weighted by Gasteiger charge is 2.02. The van der Waals surface area contributed by atoms with Crippen LogP contribution in [-0.4, -0.2) is 11.2 Å². The molecule has 3 rings (SSSR count). The van der Waals surface area contributed by atoms with Gasteiger partial charge in [0.15, 0.2) is 0 Å². The van der Waals surface area contributed by atoms with Gasteiger partial charge in [-0.05, 0) is 29.8 Å². The zero-order valence-corrected chi connectivity index (χ0v) is 14.2. The fourth-order valence-corrected chi connectivity index (χ4v) is 2.63. The minimum atomic E-state index is 0.457. The molecule has 5 nitrogen and oxygen atoms in total. The number of hydrogen-bond donors (Lipinski definition) is 2. The lowest BCUT2D eigenvalue weighted by molar-refractivity contribution is 0.306. The highest BCUT2D eigenvalue weighted by molar-refractivity contribution is 7.14. The largest absolute Gasteiger partial charge is 0.488 e. The normalized spacial score (nSPS) is 10.9. The van der Waals surface area contributed by atoms with Gasteiger partial charge in [-0.25, -0.2) is 4.98 Å². The van der Waals surface area contributed by atoms with Gasteiger partial charge in [0.05, 0.1) is 6.21 Å². The van der Waals surface area contributed by atoms with E-state index in [1.807, 2.05) is 48.5 Å². The molecule has 1 aromatic heterocycles. The molecule has 0 amide bonds. The van der Waals surface area contributed by atoms with E-state index in [-0.39, 0.29) is 0 Å². The maximum Gasteiger partial charge on any atom is 0.205 e. The number of benzene rings is 2. The van der Waals surface area contributed by atoms with Gasteiger partial charge in [0.25, 0.3) is 0 Å². The summed E-state index contributed by atoms with van der Waals surface area (Å²) in [4.78, 5) is 4.08. The molecule has 0 fully saturated rings. The van der Waals surface area contributed by atoms with Crippen LogP contribution in [0.15, 0.2) is 59.0 Å². The standard InChI is InChI=1S/C17H15ClN4OS/c18-14-7-5-12(6-8-14)10-23-15-4-2-1-3-13(15)9-20-22-17-21-16(19)11-24-17/h1-9,11H,10,19H2,(H,21,22). The molecule has 0 spiro atoms. The molecule has 0 unspecified atom stereocenters. The number of hydrogen-bond acceptors (Lipinski definition) is 6. The predicted octanol–water partition coefficient (Wildman–Crippen LogP) is 4.40. The third kappa shape index (κ3) is 4.47. The Bertz CT molecular complexity index is 833. The fourth-order valence-electron chi connectivity index (χ4n) is 1.95. The number of anilines is 2. The van der Waals surface area contributed by atoms with Crippen LogP contribution in [0.1, 0.15) is 11.1 Å². The van der Waals surface area contributed by atoms with Crippen LogP contribution in [0.5, 0.6) is 5.75 Å². The number of thiazole rings is 1. The van der Waals surface area contributed by atoms with Crippen molar-refractivity contribution in [3.8, 4) is 5.75 Å². The van der Waals surface area contributed by atoms with Gasteiger partial charge in [-0.15, -0.1) is 11.3 Å². The maximum absolute atomic E-state index is 5.89. The number of ether oxygens (including phenoxy) is 1. The van der Waals surface area contributed by atoms with Crippen molar-refractivity contribution in [1.29, 1.82) is 0 Å². The molecule has 1 heterocycles. The summed E-state index contributed by atoms with van der Waals surface area (Å²) in [6.45, 7) is 0.457. The summed E-state index contributed by atoms with van der Waals surface area (Å²) in [5.41, 5.74) is 10.3. The molecule has 0 bridgehead atoms. The first-order valence-corrected chi connectivity index (χ1v) is 8.43. The van der Waals surface area contributed by atoms with E-state index in [0.717, 1.165) is 16.9 Å². The summed E-state index contributed by atoms with van der Waals surface area (Å²) in [7, 11) is 0. The molecule has 0 aliphatic carbocycles. The number of hydrazone groups is 1. The van der Waals surface area contributed by atoms with Gasteiger partial charge in [0.2, 0.25) is 5.13 Å². The molecule has 3 aromatic rings. The van der Waals surface area contributed by atoms with Crippen molar-refractivity contribution in [2.24, 2.45) is 5.10 Å². The first kappa shape index (κ1) is 16.3. The zero-order chi connectivity index (χ0) is 16.8. The van der Waals surface area contributed by atoms with Crippen molar-refractivity contribution in [1.82, 2.24) is 4.98 Å². The Labute approximate surface area is 148 Å². The van der Waals surface area contributed by atoms with Crippen LogP contribution in [0.25, 0.3) is 0 Å². The van der Waals surface area contributed by atoms with Crippen LogP contribution in [0.2, 0.25) is 5.02 Å². The van der Waals surface area contributed by atoms with E-state index in [1.54, 1.807) is 11.6 Å². The molecule has 0 atom stereocenters. The number of rotatable bonds is 6. The first-order valence-electron chi connectivity index (χ1n) is 7.17. The number of nitrogens with zero attached hydrogens (tertiary/aromatic N) is 2. The minimum Gasteiger partial charge on any atom is -0.488 e. The van der Waals surface area contributed by atoms with Gasteiger partial charge in [0.1, 0.15) is 18.2 Å². The third-order valence-electron chi connectivity index (χ3n) is 3.11. The van der Waals surface area contributed by atoms with Crippen LogP contribution < -0.4 is 15.9 Å². The van der Waals surface area contributed by atoms with E-state index in [9.17, 15) is 0 Å². The van der Waals surface area contributed by atoms with Crippen LogP contribution in [0.3, 0.4) is 0 Å². The Balaban J connectivity index is 1.65. The number of para-hydroxylation sites is 1. The molecule has 0 aliphatic heterocycles. The Kier molecular flexibility index (Phi) is 5.30. The molecule has 0 saturated carbocycles. The molecule has 24 heavy (non-hydrogen) atoms. The summed E-state index contributed by atoms with van der Waals surface area (Å²) < 4.78 is 5.87. The van der Waals surface area contributed by atoms with Crippen molar-refractivity contribution >= 4 is 40.1 Å². The van der Waals surface area contributed by atoms with Gasteiger partial charge in [-0.2, -0.15) is 5.10 Å². The highest BCUT2D eigenvalue weighted by atomic mass is 35.5. The first-order chi connectivity index (χ1) is 11.7. The van der Waals surface area contributed by atoms with E-state index in [2.05, 4.69) is 15.5 Å². The average Bonchev–Trinajstić information content (AvgIpc) is 3.01. The van der Waals surface area contributed by atoms with Crippen LogP contribution >= 0.6 is 22.9 Å². The molecule has 7 heteroatoms. The molecular formula is C17H15ClN4OS. The van der Waals surface area contributed by atoms with Crippen molar-refractivity contribution in [2.75, 3.05) is 11.2 Å². The molecule has 122 valence electrons. The van der Waals surface area contributed by atoms with Gasteiger partial charge in [0, 0.05) is 16.0 Å². The smallest absolute Gasteiger partial charge is 0.205 e. The number of nitrogens with two attached hydrogens (primary N) is 1. The van der Waals surface area contributed by atoms with E-state index < -0.39 is 0 Å². The minimum absolute atomic E-state index is 0.457. The maximum atomic E-state index is 5.89. The summed E-state index contributed by atoms with van der Waals surface area (Å²) >= 11 is 7.28. The zero-order valence-electron chi connectivity index (χ0n) is 12.6. The number of nitrogen functional groups attached to an aromatic ring is 1. The predicted molar refractivity (Wildman–Crippen MR) is 100.0 cm³/mol. The Morgan fingerprint density at radius 3 is 2.75 bits per heavy atom. The Morgan fingerprint density at radius 2 is 2.00 bits per heavy atom. The van der Waals surface area contributed by atoms with Crippen molar-refractivity contribution in [2.45, 2.75) is 6.61 Å². The molecule has 0 radical (unpaired) electrons.